The number of nitrogens with zero attached hydrogens (tertiary/aromatic N) is 1. The van der Waals surface area contributed by atoms with Gasteiger partial charge >= 0.3 is 0 Å². The van der Waals surface area contributed by atoms with E-state index in [1.807, 2.05) is 36.4 Å². The van der Waals surface area contributed by atoms with Crippen molar-refractivity contribution in [1.82, 2.24) is 4.90 Å². The number of likely N-dealkylation sites (tertiary alicyclic amines) is 1. The smallest absolute Gasteiger partial charge is 0.178 e. The van der Waals surface area contributed by atoms with E-state index >= 15 is 0 Å². The van der Waals surface area contributed by atoms with Crippen LogP contribution in [0.2, 0.25) is 0 Å². The average Bonchev–Trinajstić information content (AvgIpc) is 2.64. The Kier molecular flexibility index (Phi) is 5.63. The fourth-order valence-corrected chi connectivity index (χ4v) is 4.22. The predicted molar refractivity (Wildman–Crippen MR) is 98.1 cm³/mol. The molecule has 0 unspecified atom stereocenters. The molecule has 23 heavy (non-hydrogen) atoms. The monoisotopic (exact) mass is 371 g/mol. The van der Waals surface area contributed by atoms with Crippen LogP contribution in [-0.2, 0) is 0 Å². The van der Waals surface area contributed by atoms with Gasteiger partial charge in [-0.3, -0.25) is 9.69 Å². The lowest BCUT2D eigenvalue weighted by atomic mass is 9.94. The van der Waals surface area contributed by atoms with Crippen molar-refractivity contribution in [3.8, 4) is 0 Å². The Morgan fingerprint density at radius 3 is 2.04 bits per heavy atom. The maximum atomic E-state index is 12.9. The van der Waals surface area contributed by atoms with Gasteiger partial charge in [-0.1, -0.05) is 83.0 Å². The molecule has 120 valence electrons. The number of halogens is 1. The van der Waals surface area contributed by atoms with Crippen LogP contribution in [0.3, 0.4) is 0 Å². The number of carbonyl (C=O) groups excluding carboxylic acids is 1. The van der Waals surface area contributed by atoms with Gasteiger partial charge in [-0.25, -0.2) is 0 Å². The lowest BCUT2D eigenvalue weighted by molar-refractivity contribution is 0.0915. The second-order valence-electron chi connectivity index (χ2n) is 6.08. The Morgan fingerprint density at radius 1 is 0.870 bits per heavy atom. The fourth-order valence-electron chi connectivity index (χ4n) is 3.32. The van der Waals surface area contributed by atoms with E-state index in [4.69, 9.17) is 0 Å². The van der Waals surface area contributed by atoms with Gasteiger partial charge in [0.2, 0.25) is 0 Å². The molecule has 2 aromatic rings. The summed E-state index contributed by atoms with van der Waals surface area (Å²) >= 11 is 3.73. The van der Waals surface area contributed by atoms with E-state index in [0.717, 1.165) is 18.7 Å². The highest BCUT2D eigenvalue weighted by Crippen LogP contribution is 2.33. The maximum absolute atomic E-state index is 12.9. The van der Waals surface area contributed by atoms with Crippen molar-refractivity contribution < 1.29 is 4.79 Å². The second-order valence-corrected chi connectivity index (χ2v) is 7.07. The van der Waals surface area contributed by atoms with Crippen LogP contribution in [0.5, 0.6) is 0 Å². The number of Topliss-reactive ketones (excluding diaryl/α,β-unsaturated/α-hetero) is 1. The van der Waals surface area contributed by atoms with Crippen molar-refractivity contribution in [2.45, 2.75) is 30.1 Å². The molecule has 0 aliphatic carbocycles. The topological polar surface area (TPSA) is 20.3 Å². The number of carbonyl (C=O) groups is 1. The van der Waals surface area contributed by atoms with Gasteiger partial charge in [0, 0.05) is 5.56 Å². The molecule has 3 rings (SSSR count). The fraction of sp³-hybridized carbons (Fsp3) is 0.350. The molecule has 1 aliphatic heterocycles. The summed E-state index contributed by atoms with van der Waals surface area (Å²) in [6.07, 6.45) is 3.71. The summed E-state index contributed by atoms with van der Waals surface area (Å²) in [6.45, 7) is 2.12. The van der Waals surface area contributed by atoms with Crippen molar-refractivity contribution >= 4 is 21.7 Å². The van der Waals surface area contributed by atoms with Crippen LogP contribution in [0.4, 0.5) is 0 Å². The van der Waals surface area contributed by atoms with Gasteiger partial charge in [0.25, 0.3) is 0 Å². The molecule has 0 radical (unpaired) electrons. The molecule has 0 N–H and O–H groups in total. The van der Waals surface area contributed by atoms with Gasteiger partial charge in [0.1, 0.15) is 0 Å². The van der Waals surface area contributed by atoms with Gasteiger partial charge < -0.3 is 0 Å². The third kappa shape index (κ3) is 3.91. The van der Waals surface area contributed by atoms with Crippen molar-refractivity contribution in [2.75, 3.05) is 13.1 Å². The SMILES string of the molecule is O=C(c1ccccc1)[C@H](Br)[C@H](c1ccccc1)N1CCCCC1. The average molecular weight is 372 g/mol. The molecule has 1 saturated heterocycles. The summed E-state index contributed by atoms with van der Waals surface area (Å²) in [6, 6.07) is 20.1. The Balaban J connectivity index is 1.89. The highest BCUT2D eigenvalue weighted by molar-refractivity contribution is 9.10. The minimum absolute atomic E-state index is 0.0872. The molecule has 2 nitrogen and oxygen atoms in total. The van der Waals surface area contributed by atoms with Crippen LogP contribution in [0.1, 0.15) is 41.2 Å². The van der Waals surface area contributed by atoms with Crippen LogP contribution in [-0.4, -0.2) is 28.6 Å². The van der Waals surface area contributed by atoms with Crippen LogP contribution in [0.25, 0.3) is 0 Å². The molecule has 0 spiro atoms. The summed E-state index contributed by atoms with van der Waals surface area (Å²) < 4.78 is 0. The molecule has 1 fully saturated rings. The Bertz CT molecular complexity index is 623. The van der Waals surface area contributed by atoms with E-state index in [9.17, 15) is 4.79 Å². The molecular formula is C20H22BrNO. The number of hydrogen-bond donors (Lipinski definition) is 0. The lowest BCUT2D eigenvalue weighted by Crippen LogP contribution is -2.40. The third-order valence-corrected chi connectivity index (χ3v) is 5.43. The van der Waals surface area contributed by atoms with Crippen LogP contribution < -0.4 is 0 Å². The van der Waals surface area contributed by atoms with Crippen LogP contribution >= 0.6 is 15.9 Å². The number of piperidine rings is 1. The first-order valence-corrected chi connectivity index (χ1v) is 9.21. The normalized spacial score (nSPS) is 18.3. The van der Waals surface area contributed by atoms with Crippen molar-refractivity contribution in [2.24, 2.45) is 0 Å². The first kappa shape index (κ1) is 16.4. The van der Waals surface area contributed by atoms with Crippen molar-refractivity contribution in [1.29, 1.82) is 0 Å². The van der Waals surface area contributed by atoms with E-state index < -0.39 is 0 Å². The summed E-state index contributed by atoms with van der Waals surface area (Å²) in [7, 11) is 0. The summed E-state index contributed by atoms with van der Waals surface area (Å²) in [5.74, 6) is 0.157. The standard InChI is InChI=1S/C20H22BrNO/c21-18(20(23)17-12-6-2-7-13-17)19(16-10-4-1-5-11-16)22-14-8-3-9-15-22/h1-2,4-7,10-13,18-19H,3,8-9,14-15H2/t18-,19+/m1/s1. The highest BCUT2D eigenvalue weighted by atomic mass is 79.9. The number of benzene rings is 2. The number of rotatable bonds is 5. The van der Waals surface area contributed by atoms with Gasteiger partial charge in [0.15, 0.2) is 5.78 Å². The highest BCUT2D eigenvalue weighted by Gasteiger charge is 2.33. The molecule has 2 aromatic carbocycles. The quantitative estimate of drug-likeness (QED) is 0.552. The third-order valence-electron chi connectivity index (χ3n) is 4.51. The summed E-state index contributed by atoms with van der Waals surface area (Å²) in [5, 5.41) is 0. The Morgan fingerprint density at radius 2 is 1.43 bits per heavy atom. The van der Waals surface area contributed by atoms with Gasteiger partial charge in [0.05, 0.1) is 10.9 Å². The maximum Gasteiger partial charge on any atom is 0.178 e. The second kappa shape index (κ2) is 7.89. The lowest BCUT2D eigenvalue weighted by Gasteiger charge is -2.37. The first-order chi connectivity index (χ1) is 11.3. The molecule has 0 saturated carbocycles. The van der Waals surface area contributed by atoms with E-state index in [2.05, 4.69) is 45.1 Å². The van der Waals surface area contributed by atoms with Crippen molar-refractivity contribution in [3.63, 3.8) is 0 Å². The summed E-state index contributed by atoms with van der Waals surface area (Å²) in [4.78, 5) is 15.2. The van der Waals surface area contributed by atoms with Crippen LogP contribution in [0, 0.1) is 0 Å². The molecule has 3 heteroatoms. The van der Waals surface area contributed by atoms with Gasteiger partial charge in [-0.15, -0.1) is 0 Å². The van der Waals surface area contributed by atoms with Crippen molar-refractivity contribution in [3.05, 3.63) is 71.8 Å². The van der Waals surface area contributed by atoms with E-state index in [-0.39, 0.29) is 16.7 Å². The molecule has 1 heterocycles. The first-order valence-electron chi connectivity index (χ1n) is 8.30. The Labute approximate surface area is 146 Å². The van der Waals surface area contributed by atoms with Crippen LogP contribution in [0.15, 0.2) is 60.7 Å². The number of hydrogen-bond acceptors (Lipinski definition) is 2. The summed E-state index contributed by atoms with van der Waals surface area (Å²) in [5.41, 5.74) is 1.98. The predicted octanol–water partition coefficient (Wildman–Crippen LogP) is 4.86. The largest absolute Gasteiger partial charge is 0.295 e. The zero-order valence-electron chi connectivity index (χ0n) is 13.2. The van der Waals surface area contributed by atoms with Gasteiger partial charge in [-0.05, 0) is 31.5 Å². The van der Waals surface area contributed by atoms with E-state index in [1.165, 1.54) is 24.8 Å². The van der Waals surface area contributed by atoms with E-state index in [1.54, 1.807) is 0 Å². The Hall–Kier alpha value is -1.45. The molecule has 2 atom stereocenters. The molecule has 0 aromatic heterocycles. The van der Waals surface area contributed by atoms with E-state index in [0.29, 0.717) is 0 Å². The zero-order chi connectivity index (χ0) is 16.1. The minimum atomic E-state index is -0.231. The molecule has 0 amide bonds. The molecule has 1 aliphatic rings. The number of alkyl halides is 1. The minimum Gasteiger partial charge on any atom is -0.295 e. The van der Waals surface area contributed by atoms with Gasteiger partial charge in [-0.2, -0.15) is 0 Å². The molecular weight excluding hydrogens is 350 g/mol. The number of ketones is 1. The zero-order valence-corrected chi connectivity index (χ0v) is 14.8. The molecule has 0 bridgehead atoms.